The molecule has 0 saturated carbocycles. The summed E-state index contributed by atoms with van der Waals surface area (Å²) >= 11 is 0. The van der Waals surface area contributed by atoms with Crippen molar-refractivity contribution in [3.05, 3.63) is 83.6 Å². The van der Waals surface area contributed by atoms with Crippen molar-refractivity contribution >= 4 is 5.78 Å². The molecule has 0 spiro atoms. The highest BCUT2D eigenvalue weighted by molar-refractivity contribution is 5.91. The molecule has 23 heavy (non-hydrogen) atoms. The molecular formula is C21H23NO. The van der Waals surface area contributed by atoms with Gasteiger partial charge in [-0.25, -0.2) is 0 Å². The van der Waals surface area contributed by atoms with Crippen LogP contribution in [0.2, 0.25) is 0 Å². The van der Waals surface area contributed by atoms with Gasteiger partial charge in [0.2, 0.25) is 0 Å². The second-order valence-electron chi connectivity index (χ2n) is 7.05. The zero-order valence-electron chi connectivity index (χ0n) is 13.8. The van der Waals surface area contributed by atoms with Crippen molar-refractivity contribution in [1.29, 1.82) is 0 Å². The monoisotopic (exact) mass is 305 g/mol. The molecule has 2 heteroatoms. The van der Waals surface area contributed by atoms with Gasteiger partial charge in [-0.15, -0.1) is 0 Å². The van der Waals surface area contributed by atoms with Gasteiger partial charge in [-0.1, -0.05) is 74.5 Å². The molecule has 0 bridgehead atoms. The van der Waals surface area contributed by atoms with Crippen molar-refractivity contribution in [2.75, 3.05) is 0 Å². The van der Waals surface area contributed by atoms with Crippen LogP contribution < -0.4 is 5.32 Å². The summed E-state index contributed by atoms with van der Waals surface area (Å²) in [6.07, 6.45) is 3.30. The van der Waals surface area contributed by atoms with Crippen LogP contribution in [0.5, 0.6) is 0 Å². The van der Waals surface area contributed by atoms with Gasteiger partial charge in [0.25, 0.3) is 0 Å². The van der Waals surface area contributed by atoms with Crippen LogP contribution in [0.1, 0.15) is 43.9 Å². The fourth-order valence-electron chi connectivity index (χ4n) is 3.27. The van der Waals surface area contributed by atoms with E-state index in [9.17, 15) is 4.79 Å². The Kier molecular flexibility index (Phi) is 4.33. The summed E-state index contributed by atoms with van der Waals surface area (Å²) in [6, 6.07) is 20.8. The summed E-state index contributed by atoms with van der Waals surface area (Å²) in [6.45, 7) is 4.30. The largest absolute Gasteiger partial charge is 0.377 e. The number of ketones is 1. The van der Waals surface area contributed by atoms with E-state index in [2.05, 4.69) is 67.7 Å². The Hall–Kier alpha value is -2.35. The predicted molar refractivity (Wildman–Crippen MR) is 94.0 cm³/mol. The average molecular weight is 305 g/mol. The van der Waals surface area contributed by atoms with Crippen LogP contribution in [0.4, 0.5) is 0 Å². The molecule has 0 saturated heterocycles. The topological polar surface area (TPSA) is 29.1 Å². The van der Waals surface area contributed by atoms with Gasteiger partial charge < -0.3 is 5.32 Å². The van der Waals surface area contributed by atoms with E-state index in [4.69, 9.17) is 0 Å². The van der Waals surface area contributed by atoms with E-state index in [0.717, 1.165) is 12.1 Å². The Morgan fingerprint density at radius 2 is 1.39 bits per heavy atom. The molecular weight excluding hydrogens is 282 g/mol. The number of carbonyl (C=O) groups is 1. The molecule has 0 atom stereocenters. The minimum atomic E-state index is 0.0199. The number of hydrogen-bond donors (Lipinski definition) is 1. The van der Waals surface area contributed by atoms with Crippen LogP contribution in [-0.4, -0.2) is 5.78 Å². The third-order valence-electron chi connectivity index (χ3n) is 4.25. The zero-order chi connectivity index (χ0) is 16.3. The Morgan fingerprint density at radius 3 is 1.87 bits per heavy atom. The third kappa shape index (κ3) is 3.89. The normalized spacial score (nSPS) is 17.0. The van der Waals surface area contributed by atoms with E-state index in [-0.39, 0.29) is 17.2 Å². The first kappa shape index (κ1) is 15.5. The van der Waals surface area contributed by atoms with Crippen LogP contribution in [0.25, 0.3) is 0 Å². The quantitative estimate of drug-likeness (QED) is 0.891. The van der Waals surface area contributed by atoms with Crippen molar-refractivity contribution in [2.24, 2.45) is 5.41 Å². The first-order valence-electron chi connectivity index (χ1n) is 8.13. The molecule has 1 aliphatic rings. The van der Waals surface area contributed by atoms with Crippen molar-refractivity contribution < 1.29 is 4.79 Å². The van der Waals surface area contributed by atoms with Crippen LogP contribution in [0.3, 0.4) is 0 Å². The lowest BCUT2D eigenvalue weighted by Crippen LogP contribution is -2.30. The molecule has 2 aromatic carbocycles. The Bertz CT molecular complexity index is 662. The maximum absolute atomic E-state index is 12.0. The highest BCUT2D eigenvalue weighted by atomic mass is 16.1. The van der Waals surface area contributed by atoms with Gasteiger partial charge in [0.15, 0.2) is 5.78 Å². The molecule has 0 amide bonds. The molecule has 0 unspecified atom stereocenters. The van der Waals surface area contributed by atoms with Crippen LogP contribution in [-0.2, 0) is 4.79 Å². The number of hydrogen-bond acceptors (Lipinski definition) is 2. The molecule has 3 rings (SSSR count). The van der Waals surface area contributed by atoms with E-state index in [0.29, 0.717) is 6.42 Å². The number of carbonyl (C=O) groups excluding carboxylic acids is 1. The summed E-state index contributed by atoms with van der Waals surface area (Å²) in [5, 5.41) is 3.61. The lowest BCUT2D eigenvalue weighted by molar-refractivity contribution is -0.117. The van der Waals surface area contributed by atoms with Gasteiger partial charge in [-0.3, -0.25) is 4.79 Å². The molecule has 1 N–H and O–H groups in total. The van der Waals surface area contributed by atoms with E-state index in [1.807, 2.05) is 12.1 Å². The maximum Gasteiger partial charge on any atom is 0.157 e. The SMILES string of the molecule is CC1(C)CC(=O)C=C(NC(c2ccccc2)c2ccccc2)C1. The standard InChI is InChI=1S/C21H23NO/c1-21(2)14-18(13-19(23)15-21)22-20(16-9-5-3-6-10-16)17-11-7-4-8-12-17/h3-13,20,22H,14-15H2,1-2H3. The number of benzene rings is 2. The Balaban J connectivity index is 1.93. The van der Waals surface area contributed by atoms with Gasteiger partial charge in [0.05, 0.1) is 6.04 Å². The van der Waals surface area contributed by atoms with Gasteiger partial charge in [-0.2, -0.15) is 0 Å². The summed E-state index contributed by atoms with van der Waals surface area (Å²) in [4.78, 5) is 12.0. The zero-order valence-corrected chi connectivity index (χ0v) is 13.8. The van der Waals surface area contributed by atoms with Crippen molar-refractivity contribution in [2.45, 2.75) is 32.7 Å². The van der Waals surface area contributed by atoms with Crippen LogP contribution in [0.15, 0.2) is 72.4 Å². The van der Waals surface area contributed by atoms with E-state index >= 15 is 0 Å². The molecule has 1 aliphatic carbocycles. The third-order valence-corrected chi connectivity index (χ3v) is 4.25. The number of allylic oxidation sites excluding steroid dienone is 2. The molecule has 2 aromatic rings. The van der Waals surface area contributed by atoms with Crippen molar-refractivity contribution in [3.63, 3.8) is 0 Å². The maximum atomic E-state index is 12.0. The van der Waals surface area contributed by atoms with Crippen molar-refractivity contribution in [1.82, 2.24) is 5.32 Å². The molecule has 0 radical (unpaired) electrons. The van der Waals surface area contributed by atoms with Gasteiger partial charge in [-0.05, 0) is 23.0 Å². The average Bonchev–Trinajstić information content (AvgIpc) is 2.52. The van der Waals surface area contributed by atoms with E-state index < -0.39 is 0 Å². The molecule has 118 valence electrons. The minimum Gasteiger partial charge on any atom is -0.377 e. The van der Waals surface area contributed by atoms with E-state index in [1.165, 1.54) is 11.1 Å². The number of rotatable bonds is 4. The van der Waals surface area contributed by atoms with Gasteiger partial charge in [0.1, 0.15) is 0 Å². The van der Waals surface area contributed by atoms with Gasteiger partial charge in [0, 0.05) is 18.2 Å². The summed E-state index contributed by atoms with van der Waals surface area (Å²) < 4.78 is 0. The molecule has 0 heterocycles. The molecule has 0 aromatic heterocycles. The first-order valence-corrected chi connectivity index (χ1v) is 8.13. The highest BCUT2D eigenvalue weighted by Crippen LogP contribution is 2.34. The fourth-order valence-corrected chi connectivity index (χ4v) is 3.27. The highest BCUT2D eigenvalue weighted by Gasteiger charge is 2.28. The van der Waals surface area contributed by atoms with Crippen molar-refractivity contribution in [3.8, 4) is 0 Å². The second kappa shape index (κ2) is 6.41. The first-order chi connectivity index (χ1) is 11.0. The summed E-state index contributed by atoms with van der Waals surface area (Å²) in [7, 11) is 0. The molecule has 0 fully saturated rings. The van der Waals surface area contributed by atoms with Crippen LogP contribution >= 0.6 is 0 Å². The predicted octanol–water partition coefficient (Wildman–Crippen LogP) is 4.64. The smallest absolute Gasteiger partial charge is 0.157 e. The second-order valence-corrected chi connectivity index (χ2v) is 7.05. The molecule has 0 aliphatic heterocycles. The lowest BCUT2D eigenvalue weighted by Gasteiger charge is -2.32. The van der Waals surface area contributed by atoms with Crippen LogP contribution in [0, 0.1) is 5.41 Å². The number of nitrogens with one attached hydrogen (secondary N) is 1. The Morgan fingerprint density at radius 1 is 0.870 bits per heavy atom. The van der Waals surface area contributed by atoms with Gasteiger partial charge >= 0.3 is 0 Å². The fraction of sp³-hybridized carbons (Fsp3) is 0.286. The summed E-state index contributed by atoms with van der Waals surface area (Å²) in [5.41, 5.74) is 3.46. The Labute approximate surface area is 138 Å². The summed E-state index contributed by atoms with van der Waals surface area (Å²) in [5.74, 6) is 0.212. The minimum absolute atomic E-state index is 0.0199. The lowest BCUT2D eigenvalue weighted by atomic mass is 9.78. The van der Waals surface area contributed by atoms with E-state index in [1.54, 1.807) is 6.08 Å². The molecule has 2 nitrogen and oxygen atoms in total.